The van der Waals surface area contributed by atoms with Crippen LogP contribution >= 0.6 is 0 Å². The van der Waals surface area contributed by atoms with Crippen LogP contribution in [0, 0.1) is 0 Å². The summed E-state index contributed by atoms with van der Waals surface area (Å²) < 4.78 is 4.72. The second-order valence-corrected chi connectivity index (χ2v) is 15.6. The minimum atomic E-state index is 0.596. The largest absolute Gasteiger partial charge is 0.309 e. The van der Waals surface area contributed by atoms with Gasteiger partial charge in [-0.25, -0.2) is 15.0 Å². The molecule has 62 heavy (non-hydrogen) atoms. The molecule has 0 unspecified atom stereocenters. The molecule has 5 heteroatoms. The molecule has 0 saturated carbocycles. The molecule has 0 aliphatic rings. The van der Waals surface area contributed by atoms with Gasteiger partial charge in [0.05, 0.1) is 27.8 Å². The molecular formula is C57H37N5. The van der Waals surface area contributed by atoms with Crippen LogP contribution < -0.4 is 0 Å². The Morgan fingerprint density at radius 2 is 0.661 bits per heavy atom. The number of nitrogens with zero attached hydrogens (tertiary/aromatic N) is 5. The molecule has 3 heterocycles. The molecule has 12 rings (SSSR count). The van der Waals surface area contributed by atoms with Gasteiger partial charge in [-0.1, -0.05) is 176 Å². The average molecular weight is 792 g/mol. The van der Waals surface area contributed by atoms with Crippen molar-refractivity contribution in [3.8, 4) is 67.8 Å². The fourth-order valence-electron chi connectivity index (χ4n) is 9.12. The highest BCUT2D eigenvalue weighted by Crippen LogP contribution is 2.39. The van der Waals surface area contributed by atoms with Gasteiger partial charge in [0.15, 0.2) is 17.5 Å². The van der Waals surface area contributed by atoms with Gasteiger partial charge in [-0.2, -0.15) is 0 Å². The Kier molecular flexibility index (Phi) is 8.42. The molecule has 0 amide bonds. The summed E-state index contributed by atoms with van der Waals surface area (Å²) in [4.78, 5) is 15.9. The Labute approximate surface area is 358 Å². The van der Waals surface area contributed by atoms with Crippen molar-refractivity contribution in [2.75, 3.05) is 0 Å². The molecule has 9 aromatic carbocycles. The zero-order valence-corrected chi connectivity index (χ0v) is 33.6. The molecule has 0 atom stereocenters. The molecule has 5 nitrogen and oxygen atoms in total. The molecule has 0 aliphatic heterocycles. The normalized spacial score (nSPS) is 11.5. The molecule has 0 aliphatic carbocycles. The number of benzene rings is 9. The highest BCUT2D eigenvalue weighted by molar-refractivity contribution is 6.10. The summed E-state index contributed by atoms with van der Waals surface area (Å²) in [6, 6.07) is 79.2. The SMILES string of the molecule is c1ccc(-c2cccc(-c3nc(-c4cccc(-n5c6ccccc6c6ccccc65)c4)nc(-c4ccc(-c5ccccc5)c(-n5c6ccccc6c6ccccc65)c4)n3)c2)cc1. The molecular weight excluding hydrogens is 755 g/mol. The van der Waals surface area contributed by atoms with Crippen molar-refractivity contribution >= 4 is 43.6 Å². The van der Waals surface area contributed by atoms with Gasteiger partial charge >= 0.3 is 0 Å². The van der Waals surface area contributed by atoms with Gasteiger partial charge < -0.3 is 9.13 Å². The maximum atomic E-state index is 5.34. The third-order valence-electron chi connectivity index (χ3n) is 12.0. The van der Waals surface area contributed by atoms with Crippen LogP contribution in [0.2, 0.25) is 0 Å². The zero-order valence-electron chi connectivity index (χ0n) is 33.6. The van der Waals surface area contributed by atoms with Gasteiger partial charge in [0, 0.05) is 49.5 Å². The van der Waals surface area contributed by atoms with Gasteiger partial charge in [-0.3, -0.25) is 0 Å². The first-order valence-electron chi connectivity index (χ1n) is 20.9. The Balaban J connectivity index is 1.09. The lowest BCUT2D eigenvalue weighted by Gasteiger charge is -2.16. The Morgan fingerprint density at radius 3 is 1.21 bits per heavy atom. The third-order valence-corrected chi connectivity index (χ3v) is 12.0. The second-order valence-electron chi connectivity index (χ2n) is 15.6. The van der Waals surface area contributed by atoms with Crippen LogP contribution in [0.3, 0.4) is 0 Å². The van der Waals surface area contributed by atoms with Crippen molar-refractivity contribution in [2.45, 2.75) is 0 Å². The van der Waals surface area contributed by atoms with Crippen LogP contribution in [-0.4, -0.2) is 24.1 Å². The van der Waals surface area contributed by atoms with Crippen molar-refractivity contribution in [3.63, 3.8) is 0 Å². The van der Waals surface area contributed by atoms with E-state index in [2.05, 4.69) is 228 Å². The zero-order chi connectivity index (χ0) is 41.0. The van der Waals surface area contributed by atoms with E-state index in [4.69, 9.17) is 15.0 Å². The summed E-state index contributed by atoms with van der Waals surface area (Å²) in [5.41, 5.74) is 13.9. The fraction of sp³-hybridized carbons (Fsp3) is 0. The maximum absolute atomic E-state index is 5.34. The van der Waals surface area contributed by atoms with E-state index in [1.54, 1.807) is 0 Å². The second kappa shape index (κ2) is 14.7. The van der Waals surface area contributed by atoms with Gasteiger partial charge in [-0.15, -0.1) is 0 Å². The minimum absolute atomic E-state index is 0.596. The van der Waals surface area contributed by atoms with E-state index in [1.165, 1.54) is 21.5 Å². The van der Waals surface area contributed by atoms with Crippen LogP contribution in [0.15, 0.2) is 224 Å². The standard InChI is InChI=1S/C57H37N5/c1-3-17-38(18-4-1)40-21-15-22-41(35-40)55-58-56(42-23-16-24-44(36-42)61-50-29-11-7-25-46(50)47-26-8-12-30-51(47)61)60-57(59-55)43-33-34-45(39-19-5-2-6-20-39)54(37-43)62-52-31-13-9-27-48(52)49-28-10-14-32-53(49)62/h1-37H. The number of hydrogen-bond donors (Lipinski definition) is 0. The van der Waals surface area contributed by atoms with Crippen molar-refractivity contribution in [1.82, 2.24) is 24.1 Å². The lowest BCUT2D eigenvalue weighted by molar-refractivity contribution is 1.07. The number of para-hydroxylation sites is 4. The quantitative estimate of drug-likeness (QED) is 0.162. The number of aromatic nitrogens is 5. The van der Waals surface area contributed by atoms with E-state index >= 15 is 0 Å². The summed E-state index contributed by atoms with van der Waals surface area (Å²) in [6.45, 7) is 0. The fourth-order valence-corrected chi connectivity index (χ4v) is 9.12. The van der Waals surface area contributed by atoms with E-state index < -0.39 is 0 Å². The van der Waals surface area contributed by atoms with Gasteiger partial charge in [0.25, 0.3) is 0 Å². The van der Waals surface area contributed by atoms with Gasteiger partial charge in [-0.05, 0) is 65.2 Å². The molecule has 290 valence electrons. The highest BCUT2D eigenvalue weighted by Gasteiger charge is 2.20. The van der Waals surface area contributed by atoms with Crippen molar-refractivity contribution in [2.24, 2.45) is 0 Å². The molecule has 0 saturated heterocycles. The lowest BCUT2D eigenvalue weighted by Crippen LogP contribution is -2.03. The van der Waals surface area contributed by atoms with E-state index in [0.29, 0.717) is 17.5 Å². The van der Waals surface area contributed by atoms with Crippen LogP contribution in [-0.2, 0) is 0 Å². The summed E-state index contributed by atoms with van der Waals surface area (Å²) in [5.74, 6) is 1.80. The Hall–Kier alpha value is -8.41. The molecule has 0 radical (unpaired) electrons. The smallest absolute Gasteiger partial charge is 0.164 e. The van der Waals surface area contributed by atoms with Crippen LogP contribution in [0.1, 0.15) is 0 Å². The molecule has 3 aromatic heterocycles. The summed E-state index contributed by atoms with van der Waals surface area (Å²) in [6.07, 6.45) is 0. The molecule has 12 aromatic rings. The van der Waals surface area contributed by atoms with Crippen molar-refractivity contribution in [3.05, 3.63) is 224 Å². The molecule has 0 N–H and O–H groups in total. The predicted molar refractivity (Wildman–Crippen MR) is 256 cm³/mol. The van der Waals surface area contributed by atoms with Crippen molar-refractivity contribution in [1.29, 1.82) is 0 Å². The van der Waals surface area contributed by atoms with E-state index in [9.17, 15) is 0 Å². The topological polar surface area (TPSA) is 48.5 Å². The number of hydrogen-bond acceptors (Lipinski definition) is 3. The van der Waals surface area contributed by atoms with Crippen molar-refractivity contribution < 1.29 is 0 Å². The average Bonchev–Trinajstić information content (AvgIpc) is 3.87. The van der Waals surface area contributed by atoms with E-state index in [1.807, 2.05) is 6.07 Å². The maximum Gasteiger partial charge on any atom is 0.164 e. The molecule has 0 fully saturated rings. The third kappa shape index (κ3) is 5.98. The highest BCUT2D eigenvalue weighted by atomic mass is 15.0. The first-order chi connectivity index (χ1) is 30.7. The van der Waals surface area contributed by atoms with Gasteiger partial charge in [0.2, 0.25) is 0 Å². The number of fused-ring (bicyclic) bond motifs is 6. The minimum Gasteiger partial charge on any atom is -0.309 e. The van der Waals surface area contributed by atoms with Gasteiger partial charge in [0.1, 0.15) is 0 Å². The van der Waals surface area contributed by atoms with Crippen LogP contribution in [0.5, 0.6) is 0 Å². The monoisotopic (exact) mass is 791 g/mol. The Morgan fingerprint density at radius 1 is 0.258 bits per heavy atom. The summed E-state index contributed by atoms with van der Waals surface area (Å²) in [5, 5.41) is 4.85. The first-order valence-corrected chi connectivity index (χ1v) is 20.9. The van der Waals surface area contributed by atoms with Crippen LogP contribution in [0.25, 0.3) is 111 Å². The first kappa shape index (κ1) is 35.5. The number of rotatable bonds is 7. The van der Waals surface area contributed by atoms with Crippen LogP contribution in [0.4, 0.5) is 0 Å². The van der Waals surface area contributed by atoms with E-state index in [-0.39, 0.29) is 0 Å². The molecule has 0 bridgehead atoms. The predicted octanol–water partition coefficient (Wildman–Crippen LogP) is 14.4. The Bertz CT molecular complexity index is 3530. The lowest BCUT2D eigenvalue weighted by atomic mass is 10.0. The summed E-state index contributed by atoms with van der Waals surface area (Å²) >= 11 is 0. The summed E-state index contributed by atoms with van der Waals surface area (Å²) in [7, 11) is 0. The van der Waals surface area contributed by atoms with E-state index in [0.717, 1.165) is 72.4 Å². The molecule has 0 spiro atoms.